The van der Waals surface area contributed by atoms with Gasteiger partial charge < -0.3 is 4.74 Å². The van der Waals surface area contributed by atoms with E-state index >= 15 is 0 Å². The summed E-state index contributed by atoms with van der Waals surface area (Å²) in [6.45, 7) is -0.0106. The molecule has 1 aromatic rings. The second-order valence-electron chi connectivity index (χ2n) is 4.64. The molecule has 2 heterocycles. The highest BCUT2D eigenvalue weighted by molar-refractivity contribution is 9.10. The lowest BCUT2D eigenvalue weighted by molar-refractivity contribution is -0.384. The van der Waals surface area contributed by atoms with Crippen molar-refractivity contribution in [2.45, 2.75) is 16.8 Å². The van der Waals surface area contributed by atoms with E-state index < -0.39 is 10.9 Å². The molecular weight excluding hydrogens is 376 g/mol. The number of nitro groups is 1. The van der Waals surface area contributed by atoms with Gasteiger partial charge in [-0.2, -0.15) is 0 Å². The molecule has 2 atom stereocenters. The summed E-state index contributed by atoms with van der Waals surface area (Å²) in [7, 11) is 0. The van der Waals surface area contributed by atoms with Crippen LogP contribution in [0, 0.1) is 10.1 Å². The third kappa shape index (κ3) is 2.50. The largest absolute Gasteiger partial charge is 0.456 e. The van der Waals surface area contributed by atoms with Crippen molar-refractivity contribution < 1.29 is 19.2 Å². The van der Waals surface area contributed by atoms with Crippen molar-refractivity contribution >= 4 is 45.3 Å². The first-order chi connectivity index (χ1) is 10.5. The van der Waals surface area contributed by atoms with Crippen LogP contribution in [0.15, 0.2) is 35.4 Å². The van der Waals surface area contributed by atoms with Crippen LogP contribution in [0.25, 0.3) is 0 Å². The minimum Gasteiger partial charge on any atom is -0.456 e. The van der Waals surface area contributed by atoms with E-state index in [0.29, 0.717) is 5.56 Å². The molecule has 0 unspecified atom stereocenters. The fraction of sp³-hybridized carbons (Fsp3) is 0.231. The molecule has 9 heteroatoms. The maximum Gasteiger partial charge on any atom is 0.355 e. The zero-order valence-electron chi connectivity index (χ0n) is 11.0. The molecule has 7 nitrogen and oxygen atoms in total. The van der Waals surface area contributed by atoms with Crippen molar-refractivity contribution in [3.8, 4) is 0 Å². The number of halogens is 1. The first-order valence-electron chi connectivity index (χ1n) is 6.22. The number of hydrogen-bond acceptors (Lipinski definition) is 6. The van der Waals surface area contributed by atoms with Crippen LogP contribution >= 0.6 is 27.7 Å². The highest BCUT2D eigenvalue weighted by atomic mass is 79.9. The molecule has 0 bridgehead atoms. The summed E-state index contributed by atoms with van der Waals surface area (Å²) in [6, 6.07) is 5.74. The van der Waals surface area contributed by atoms with E-state index in [1.807, 2.05) is 0 Å². The first-order valence-corrected chi connectivity index (χ1v) is 8.08. The third-order valence-corrected chi connectivity index (χ3v) is 5.65. The van der Waals surface area contributed by atoms with Gasteiger partial charge in [0.25, 0.3) is 5.69 Å². The summed E-state index contributed by atoms with van der Waals surface area (Å²) in [4.78, 5) is 34.9. The standard InChI is InChI=1S/C13H9BrN2O5S/c14-10-11(17)15-9(6-22-12(10)15)13(18)21-5-7-1-3-8(4-2-7)16(19)20/h1-4,6,10,12H,5H2/t10-,12-/m0/s1. The highest BCUT2D eigenvalue weighted by Crippen LogP contribution is 2.44. The second kappa shape index (κ2) is 5.73. The lowest BCUT2D eigenvalue weighted by Crippen LogP contribution is -2.58. The molecule has 22 heavy (non-hydrogen) atoms. The fourth-order valence-corrected chi connectivity index (χ4v) is 3.99. The van der Waals surface area contributed by atoms with Crippen LogP contribution in [0.2, 0.25) is 0 Å². The van der Waals surface area contributed by atoms with Crippen LogP contribution in [0.5, 0.6) is 0 Å². The Balaban J connectivity index is 1.59. The molecule has 0 N–H and O–H groups in total. The normalized spacial score (nSPS) is 22.7. The lowest BCUT2D eigenvalue weighted by Gasteiger charge is -2.39. The minimum atomic E-state index is -0.582. The number of fused-ring (bicyclic) bond motifs is 1. The van der Waals surface area contributed by atoms with Gasteiger partial charge >= 0.3 is 5.97 Å². The van der Waals surface area contributed by atoms with E-state index in [0.717, 1.165) is 0 Å². The minimum absolute atomic E-state index is 0.0106. The predicted octanol–water partition coefficient (Wildman–Crippen LogP) is 2.16. The zero-order valence-corrected chi connectivity index (χ0v) is 13.4. The number of non-ortho nitro benzene ring substituents is 1. The van der Waals surface area contributed by atoms with E-state index in [4.69, 9.17) is 4.74 Å². The Labute approximate surface area is 137 Å². The number of carbonyl (C=O) groups excluding carboxylic acids is 2. The summed E-state index contributed by atoms with van der Waals surface area (Å²) in [5, 5.41) is 12.1. The number of carbonyl (C=O) groups is 2. The van der Waals surface area contributed by atoms with Gasteiger partial charge in [0.1, 0.15) is 22.5 Å². The van der Waals surface area contributed by atoms with Gasteiger partial charge in [0, 0.05) is 17.5 Å². The van der Waals surface area contributed by atoms with Crippen LogP contribution in [-0.4, -0.2) is 31.9 Å². The molecular formula is C13H9BrN2O5S. The molecule has 2 aliphatic rings. The Hall–Kier alpha value is -1.87. The van der Waals surface area contributed by atoms with Crippen molar-refractivity contribution in [2.24, 2.45) is 0 Å². The Kier molecular flexibility index (Phi) is 3.92. The molecule has 0 aromatic heterocycles. The summed E-state index contributed by atoms with van der Waals surface area (Å²) in [5.74, 6) is -0.741. The number of β-lactam (4-membered cyclic amide) rings is 1. The summed E-state index contributed by atoms with van der Waals surface area (Å²) >= 11 is 4.64. The van der Waals surface area contributed by atoms with Crippen LogP contribution in [0.1, 0.15) is 5.56 Å². The molecule has 2 aliphatic heterocycles. The maximum atomic E-state index is 12.0. The van der Waals surface area contributed by atoms with Crippen molar-refractivity contribution in [1.82, 2.24) is 4.90 Å². The van der Waals surface area contributed by atoms with Crippen molar-refractivity contribution in [1.29, 1.82) is 0 Å². The molecule has 1 aromatic carbocycles. The van der Waals surface area contributed by atoms with E-state index in [1.54, 1.807) is 5.41 Å². The number of ether oxygens (including phenoxy) is 1. The zero-order chi connectivity index (χ0) is 15.9. The summed E-state index contributed by atoms with van der Waals surface area (Å²) < 4.78 is 5.15. The van der Waals surface area contributed by atoms with Gasteiger partial charge in [-0.1, -0.05) is 15.9 Å². The topological polar surface area (TPSA) is 89.7 Å². The SMILES string of the molecule is O=C(OCc1ccc([N+](=O)[O-])cc1)C1=CS[C@H]2[C@@H](Br)C(=O)N12. The molecule has 1 fully saturated rings. The molecule has 1 amide bonds. The van der Waals surface area contributed by atoms with E-state index in [2.05, 4.69) is 15.9 Å². The average molecular weight is 385 g/mol. The Bertz CT molecular complexity index is 690. The van der Waals surface area contributed by atoms with Crippen molar-refractivity contribution in [3.05, 3.63) is 51.0 Å². The highest BCUT2D eigenvalue weighted by Gasteiger charge is 2.52. The number of nitrogens with zero attached hydrogens (tertiary/aromatic N) is 2. The van der Waals surface area contributed by atoms with E-state index in [9.17, 15) is 19.7 Å². The Morgan fingerprint density at radius 1 is 1.41 bits per heavy atom. The van der Waals surface area contributed by atoms with Crippen LogP contribution < -0.4 is 0 Å². The molecule has 0 aliphatic carbocycles. The fourth-order valence-electron chi connectivity index (χ4n) is 2.09. The molecule has 0 spiro atoms. The van der Waals surface area contributed by atoms with Crippen LogP contribution in [0.3, 0.4) is 0 Å². The third-order valence-electron chi connectivity index (χ3n) is 3.28. The number of thioether (sulfide) groups is 1. The van der Waals surface area contributed by atoms with Gasteiger partial charge in [0.05, 0.1) is 4.92 Å². The van der Waals surface area contributed by atoms with Crippen LogP contribution in [0.4, 0.5) is 5.69 Å². The smallest absolute Gasteiger partial charge is 0.355 e. The summed E-state index contributed by atoms with van der Waals surface area (Å²) in [6.07, 6.45) is 0. The van der Waals surface area contributed by atoms with Gasteiger partial charge in [0.2, 0.25) is 5.91 Å². The number of alkyl halides is 1. The number of esters is 1. The molecule has 114 valence electrons. The monoisotopic (exact) mass is 384 g/mol. The predicted molar refractivity (Wildman–Crippen MR) is 81.9 cm³/mol. The molecule has 0 radical (unpaired) electrons. The maximum absolute atomic E-state index is 12.0. The van der Waals surface area contributed by atoms with Gasteiger partial charge in [-0.25, -0.2) is 4.79 Å². The van der Waals surface area contributed by atoms with Gasteiger partial charge in [-0.3, -0.25) is 19.8 Å². The van der Waals surface area contributed by atoms with Crippen LogP contribution in [-0.2, 0) is 20.9 Å². The number of amides is 1. The Morgan fingerprint density at radius 3 is 2.73 bits per heavy atom. The number of nitro benzene ring substituents is 1. The summed E-state index contributed by atoms with van der Waals surface area (Å²) in [5.41, 5.74) is 0.843. The Morgan fingerprint density at radius 2 is 2.09 bits per heavy atom. The number of rotatable bonds is 4. The van der Waals surface area contributed by atoms with E-state index in [1.165, 1.54) is 40.9 Å². The average Bonchev–Trinajstić information content (AvgIpc) is 2.93. The van der Waals surface area contributed by atoms with Gasteiger partial charge in [0.15, 0.2) is 0 Å². The quantitative estimate of drug-likeness (QED) is 0.259. The van der Waals surface area contributed by atoms with E-state index in [-0.39, 0.29) is 34.1 Å². The van der Waals surface area contributed by atoms with Gasteiger partial charge in [-0.15, -0.1) is 11.8 Å². The second-order valence-corrected chi connectivity index (χ2v) is 6.62. The first kappa shape index (κ1) is 15.0. The number of benzene rings is 1. The van der Waals surface area contributed by atoms with Crippen molar-refractivity contribution in [2.75, 3.05) is 0 Å². The number of hydrogen-bond donors (Lipinski definition) is 0. The lowest BCUT2D eigenvalue weighted by atomic mass is 10.2. The molecule has 0 saturated carbocycles. The molecule has 1 saturated heterocycles. The van der Waals surface area contributed by atoms with Gasteiger partial charge in [-0.05, 0) is 17.7 Å². The van der Waals surface area contributed by atoms with Crippen molar-refractivity contribution in [3.63, 3.8) is 0 Å². The molecule has 3 rings (SSSR count).